The molecule has 7 nitrogen and oxygen atoms in total. The van der Waals surface area contributed by atoms with Crippen LogP contribution in [0.25, 0.3) is 20.8 Å². The van der Waals surface area contributed by atoms with Crippen molar-refractivity contribution < 1.29 is 9.36 Å². The van der Waals surface area contributed by atoms with Crippen molar-refractivity contribution >= 4 is 83.1 Å². The molecule has 2 aliphatic rings. The number of rotatable bonds is 3. The number of aryl methyl sites for hydroxylation is 1. The summed E-state index contributed by atoms with van der Waals surface area (Å²) in [7, 11) is 3.86. The molecule has 4 heterocycles. The van der Waals surface area contributed by atoms with Crippen molar-refractivity contribution in [1.82, 2.24) is 14.4 Å². The largest absolute Gasteiger partial charge is 0.385 e. The van der Waals surface area contributed by atoms with Crippen molar-refractivity contribution in [2.75, 3.05) is 13.6 Å². The first kappa shape index (κ1) is 24.1. The Hall–Kier alpha value is -2.66. The summed E-state index contributed by atoms with van der Waals surface area (Å²) in [5.74, 6) is -0.129. The number of hydrogen-bond donors (Lipinski definition) is 0. The summed E-state index contributed by atoms with van der Waals surface area (Å²) < 4.78 is 6.00. The van der Waals surface area contributed by atoms with Crippen molar-refractivity contribution in [3.8, 4) is 0 Å². The Balaban J connectivity index is 1.69. The van der Waals surface area contributed by atoms with Crippen LogP contribution >= 0.6 is 46.0 Å². The molecule has 180 valence electrons. The molecule has 3 aromatic rings. The fourth-order valence-corrected chi connectivity index (χ4v) is 7.83. The molecule has 35 heavy (non-hydrogen) atoms. The molecular formula is C24H23ClN5O2S3+. The topological polar surface area (TPSA) is 61.8 Å². The molecule has 1 saturated heterocycles. The zero-order valence-corrected chi connectivity index (χ0v) is 22.8. The van der Waals surface area contributed by atoms with Gasteiger partial charge in [0.05, 0.1) is 17.4 Å². The van der Waals surface area contributed by atoms with Gasteiger partial charge in [0.25, 0.3) is 16.6 Å². The lowest BCUT2D eigenvalue weighted by molar-refractivity contribution is -0.627. The molecule has 0 unspecified atom stereocenters. The maximum absolute atomic E-state index is 13.5. The van der Waals surface area contributed by atoms with Crippen LogP contribution < -0.4 is 19.3 Å². The molecule has 0 atom stereocenters. The van der Waals surface area contributed by atoms with Crippen molar-refractivity contribution in [3.63, 3.8) is 0 Å². The maximum atomic E-state index is 13.5. The SMILES string of the molecule is CCN1C(=O)/C(=c2/s/c(=C3\C=CC=CN3C)c(=O)n2CC)S/C1=N\c1sc2cc(Cl)ccc2[n+]1C. The quantitative estimate of drug-likeness (QED) is 0.475. The number of amides is 1. The summed E-state index contributed by atoms with van der Waals surface area (Å²) in [5, 5.41) is 2.05. The van der Waals surface area contributed by atoms with Crippen LogP contribution in [0.3, 0.4) is 0 Å². The number of aliphatic imine (C=N–C) groups is 1. The van der Waals surface area contributed by atoms with E-state index in [9.17, 15) is 9.59 Å². The van der Waals surface area contributed by atoms with Crippen LogP contribution in [-0.4, -0.2) is 39.0 Å². The number of fused-ring (bicyclic) bond motifs is 1. The smallest absolute Gasteiger partial charge is 0.350 e. The van der Waals surface area contributed by atoms with E-state index in [-0.39, 0.29) is 11.5 Å². The Morgan fingerprint density at radius 3 is 2.63 bits per heavy atom. The summed E-state index contributed by atoms with van der Waals surface area (Å²) in [5.41, 5.74) is 1.76. The predicted octanol–water partition coefficient (Wildman–Crippen LogP) is 3.14. The number of thioether (sulfide) groups is 1. The highest BCUT2D eigenvalue weighted by atomic mass is 35.5. The van der Waals surface area contributed by atoms with Crippen LogP contribution in [0.15, 0.2) is 52.4 Å². The molecule has 0 radical (unpaired) electrons. The van der Waals surface area contributed by atoms with Crippen molar-refractivity contribution in [3.05, 3.63) is 67.2 Å². The molecule has 1 fully saturated rings. The van der Waals surface area contributed by atoms with Gasteiger partial charge in [-0.15, -0.1) is 11.3 Å². The van der Waals surface area contributed by atoms with Gasteiger partial charge in [-0.25, -0.2) is 4.57 Å². The second-order valence-electron chi connectivity index (χ2n) is 7.91. The van der Waals surface area contributed by atoms with E-state index >= 15 is 0 Å². The van der Waals surface area contributed by atoms with Gasteiger partial charge in [-0.2, -0.15) is 0 Å². The third-order valence-electron chi connectivity index (χ3n) is 5.82. The lowest BCUT2D eigenvalue weighted by atomic mass is 10.3. The van der Waals surface area contributed by atoms with E-state index in [1.165, 1.54) is 34.4 Å². The van der Waals surface area contributed by atoms with Gasteiger partial charge in [-0.3, -0.25) is 19.1 Å². The first-order chi connectivity index (χ1) is 16.8. The van der Waals surface area contributed by atoms with E-state index in [4.69, 9.17) is 16.6 Å². The third-order valence-corrected chi connectivity index (χ3v) is 9.55. The maximum Gasteiger partial charge on any atom is 0.385 e. The van der Waals surface area contributed by atoms with Gasteiger partial charge >= 0.3 is 5.13 Å². The van der Waals surface area contributed by atoms with Gasteiger partial charge in [0.15, 0.2) is 0 Å². The normalized spacial score (nSPS) is 20.3. The zero-order chi connectivity index (χ0) is 24.9. The van der Waals surface area contributed by atoms with Crippen LogP contribution in [0.5, 0.6) is 0 Å². The molecule has 0 saturated carbocycles. The molecule has 1 amide bonds. The van der Waals surface area contributed by atoms with Crippen LogP contribution in [-0.2, 0) is 18.4 Å². The average Bonchev–Trinajstić information content (AvgIpc) is 3.44. The Morgan fingerprint density at radius 1 is 1.11 bits per heavy atom. The Morgan fingerprint density at radius 2 is 1.91 bits per heavy atom. The first-order valence-electron chi connectivity index (χ1n) is 11.1. The van der Waals surface area contributed by atoms with E-state index in [2.05, 4.69) is 0 Å². The Labute approximate surface area is 219 Å². The zero-order valence-electron chi connectivity index (χ0n) is 19.6. The molecule has 0 bridgehead atoms. The van der Waals surface area contributed by atoms with Gasteiger partial charge in [0.2, 0.25) is 0 Å². The number of likely N-dealkylation sites (N-methyl/N-ethyl adjacent to an activating group) is 1. The molecule has 2 aliphatic heterocycles. The summed E-state index contributed by atoms with van der Waals surface area (Å²) in [6, 6.07) is 5.75. The standard InChI is InChI=1S/C24H23ClN5O2S3/c1-5-29-20(31)18(16-9-7-8-12-27(16)3)34-22(29)19-21(32)30(6-2)24(35-19)26-23-28(4)15-11-10-14(25)13-17(15)33-23/h7-13H,5-6H2,1-4H3/q+1/b18-16+,22-19-. The lowest BCUT2D eigenvalue weighted by Gasteiger charge is -2.16. The molecule has 0 N–H and O–H groups in total. The highest BCUT2D eigenvalue weighted by Gasteiger charge is 2.38. The highest BCUT2D eigenvalue weighted by molar-refractivity contribution is 8.23. The second-order valence-corrected chi connectivity index (χ2v) is 11.3. The molecular weight excluding hydrogens is 522 g/mol. The summed E-state index contributed by atoms with van der Waals surface area (Å²) in [6.07, 6.45) is 7.67. The number of halogens is 1. The number of hydrogen-bond acceptors (Lipinski definition) is 7. The number of amidine groups is 1. The number of allylic oxidation sites excluding steroid dienone is 2. The van der Waals surface area contributed by atoms with E-state index in [0.29, 0.717) is 37.4 Å². The van der Waals surface area contributed by atoms with Crippen LogP contribution in [0.1, 0.15) is 13.8 Å². The van der Waals surface area contributed by atoms with Crippen LogP contribution in [0.4, 0.5) is 5.13 Å². The van der Waals surface area contributed by atoms with Crippen molar-refractivity contribution in [2.24, 2.45) is 12.0 Å². The van der Waals surface area contributed by atoms with E-state index in [0.717, 1.165) is 21.0 Å². The van der Waals surface area contributed by atoms with Gasteiger partial charge in [0.1, 0.15) is 19.6 Å². The van der Waals surface area contributed by atoms with Gasteiger partial charge in [0, 0.05) is 31.4 Å². The number of aromatic nitrogens is 2. The van der Waals surface area contributed by atoms with E-state index < -0.39 is 0 Å². The van der Waals surface area contributed by atoms with E-state index in [1.807, 2.05) is 80.0 Å². The number of nitrogens with zero attached hydrogens (tertiary/aromatic N) is 5. The van der Waals surface area contributed by atoms with Gasteiger partial charge in [-0.1, -0.05) is 17.7 Å². The number of carbonyl (C=O) groups excluding carboxylic acids is 1. The Kier molecular flexibility index (Phi) is 6.47. The molecule has 0 aliphatic carbocycles. The first-order valence-corrected chi connectivity index (χ1v) is 13.9. The van der Waals surface area contributed by atoms with Gasteiger partial charge in [-0.05, 0) is 72.3 Å². The molecule has 1 aromatic carbocycles. The fourth-order valence-electron chi connectivity index (χ4n) is 3.98. The predicted molar refractivity (Wildman–Crippen MR) is 146 cm³/mol. The summed E-state index contributed by atoms with van der Waals surface area (Å²) in [6.45, 7) is 4.81. The van der Waals surface area contributed by atoms with Crippen molar-refractivity contribution in [1.29, 1.82) is 0 Å². The number of benzene rings is 1. The minimum atomic E-state index is -0.129. The molecule has 2 aromatic heterocycles. The van der Waals surface area contributed by atoms with Gasteiger partial charge < -0.3 is 4.90 Å². The highest BCUT2D eigenvalue weighted by Crippen LogP contribution is 2.35. The molecule has 11 heteroatoms. The third kappa shape index (κ3) is 4.08. The number of carbonyl (C=O) groups is 1. The van der Waals surface area contributed by atoms with E-state index in [1.54, 1.807) is 9.47 Å². The number of thiazole rings is 2. The lowest BCUT2D eigenvalue weighted by Crippen LogP contribution is -2.35. The van der Waals surface area contributed by atoms with Crippen LogP contribution in [0.2, 0.25) is 5.02 Å². The summed E-state index contributed by atoms with van der Waals surface area (Å²) in [4.78, 5) is 35.8. The minimum Gasteiger partial charge on any atom is -0.350 e. The second kappa shape index (κ2) is 9.42. The monoisotopic (exact) mass is 544 g/mol. The summed E-state index contributed by atoms with van der Waals surface area (Å²) >= 11 is 10.4. The van der Waals surface area contributed by atoms with Crippen LogP contribution in [0, 0.1) is 0 Å². The Bertz CT molecular complexity index is 1640. The average molecular weight is 545 g/mol. The van der Waals surface area contributed by atoms with Crippen molar-refractivity contribution in [2.45, 2.75) is 20.4 Å². The fraction of sp³-hybridized carbons (Fsp3) is 0.250. The molecule has 0 spiro atoms. The minimum absolute atomic E-state index is 0.0866. The molecule has 5 rings (SSSR count).